The number of halogens is 1. The number of aryl methyl sites for hydroxylation is 1. The molecule has 3 aromatic heterocycles. The maximum Gasteiger partial charge on any atom is 0.269 e. The number of fused-ring (bicyclic) bond motifs is 1. The van der Waals surface area contributed by atoms with Crippen molar-refractivity contribution < 1.29 is 14.2 Å². The van der Waals surface area contributed by atoms with Crippen molar-refractivity contribution in [3.63, 3.8) is 0 Å². The Kier molecular flexibility index (Phi) is 6.71. The molecule has 0 saturated heterocycles. The lowest BCUT2D eigenvalue weighted by Crippen LogP contribution is -2.28. The molecule has 0 saturated carbocycles. The van der Waals surface area contributed by atoms with Gasteiger partial charge < -0.3 is 9.84 Å². The van der Waals surface area contributed by atoms with Gasteiger partial charge in [0.15, 0.2) is 5.65 Å². The summed E-state index contributed by atoms with van der Waals surface area (Å²) in [5, 5.41) is 22.7. The summed E-state index contributed by atoms with van der Waals surface area (Å²) in [6.45, 7) is 2.32. The van der Waals surface area contributed by atoms with E-state index in [0.29, 0.717) is 38.6 Å². The molecule has 5 aromatic rings. The molecule has 0 aliphatic heterocycles. The van der Waals surface area contributed by atoms with E-state index in [1.165, 1.54) is 33.9 Å². The molecule has 13 heteroatoms. The molecule has 3 heterocycles. The van der Waals surface area contributed by atoms with E-state index >= 15 is 0 Å². The number of carbonyl (C=O) groups excluding carboxylic acids is 1. The van der Waals surface area contributed by atoms with E-state index in [-0.39, 0.29) is 42.4 Å². The van der Waals surface area contributed by atoms with Crippen LogP contribution in [0.1, 0.15) is 21.7 Å². The van der Waals surface area contributed by atoms with Crippen LogP contribution in [0.5, 0.6) is 0 Å². The summed E-state index contributed by atoms with van der Waals surface area (Å²) >= 11 is 6.28. The minimum atomic E-state index is -0.481. The summed E-state index contributed by atoms with van der Waals surface area (Å²) in [6.07, 6.45) is 2.83. The van der Waals surface area contributed by atoms with Crippen molar-refractivity contribution in [1.29, 1.82) is 0 Å². The third-order valence-electron chi connectivity index (χ3n) is 5.95. The van der Waals surface area contributed by atoms with Crippen molar-refractivity contribution in [1.82, 2.24) is 29.8 Å². The van der Waals surface area contributed by atoms with Crippen molar-refractivity contribution in [3.05, 3.63) is 103 Å². The summed E-state index contributed by atoms with van der Waals surface area (Å²) in [5.41, 5.74) is 2.00. The third-order valence-corrected chi connectivity index (χ3v) is 6.28. The Morgan fingerprint density at radius 3 is 2.68 bits per heavy atom. The van der Waals surface area contributed by atoms with E-state index in [0.717, 1.165) is 0 Å². The number of amides is 1. The van der Waals surface area contributed by atoms with Gasteiger partial charge >= 0.3 is 0 Å². The number of hydrogen-bond donors (Lipinski definition) is 1. The Morgan fingerprint density at radius 2 is 1.95 bits per heavy atom. The van der Waals surface area contributed by atoms with Gasteiger partial charge in [0.25, 0.3) is 17.2 Å². The van der Waals surface area contributed by atoms with Gasteiger partial charge in [-0.25, -0.2) is 9.67 Å². The summed E-state index contributed by atoms with van der Waals surface area (Å²) in [7, 11) is 0. The van der Waals surface area contributed by atoms with Gasteiger partial charge in [-0.3, -0.25) is 24.3 Å². The molecule has 12 nitrogen and oxygen atoms in total. The van der Waals surface area contributed by atoms with Crippen LogP contribution in [0.25, 0.3) is 22.3 Å². The monoisotopic (exact) mass is 533 g/mol. The van der Waals surface area contributed by atoms with E-state index in [2.05, 4.69) is 20.6 Å². The number of hydrogen-bond acceptors (Lipinski definition) is 8. The number of nitro groups is 1. The van der Waals surface area contributed by atoms with Crippen LogP contribution < -0.4 is 10.9 Å². The zero-order chi connectivity index (χ0) is 26.8. The van der Waals surface area contributed by atoms with Crippen LogP contribution in [-0.4, -0.2) is 41.9 Å². The Morgan fingerprint density at radius 1 is 1.18 bits per heavy atom. The molecule has 0 aliphatic carbocycles. The van der Waals surface area contributed by atoms with Crippen molar-refractivity contribution in [2.45, 2.75) is 20.0 Å². The van der Waals surface area contributed by atoms with E-state index in [9.17, 15) is 19.7 Å². The van der Waals surface area contributed by atoms with Gasteiger partial charge in [0.1, 0.15) is 28.7 Å². The van der Waals surface area contributed by atoms with Crippen molar-refractivity contribution in [2.24, 2.45) is 0 Å². The molecular formula is C25H20ClN7O5. The molecule has 0 atom stereocenters. The number of rotatable bonds is 8. The molecule has 0 spiro atoms. The summed E-state index contributed by atoms with van der Waals surface area (Å²) in [4.78, 5) is 40.7. The van der Waals surface area contributed by atoms with Crippen LogP contribution >= 0.6 is 11.6 Å². The standard InChI is InChI=1S/C25H20ClN7O5/c1-15-21(22(30-38-15)18-4-2-3-5-20(18)26)24(34)27-10-11-32-23-19(12-29-32)25(35)31(14-28-23)13-16-6-8-17(9-7-16)33(36)37/h2-9,12,14H,10-11,13H2,1H3,(H,27,34). The molecule has 0 radical (unpaired) electrons. The summed E-state index contributed by atoms with van der Waals surface area (Å²) in [5.74, 6) is -0.0225. The first kappa shape index (κ1) is 24.8. The average molecular weight is 534 g/mol. The Bertz CT molecular complexity index is 1720. The number of carbonyl (C=O) groups is 1. The van der Waals surface area contributed by atoms with E-state index in [1.807, 2.05) is 0 Å². The fourth-order valence-corrected chi connectivity index (χ4v) is 4.26. The lowest BCUT2D eigenvalue weighted by Gasteiger charge is -2.08. The largest absolute Gasteiger partial charge is 0.360 e. The fraction of sp³-hybridized carbons (Fsp3) is 0.160. The lowest BCUT2D eigenvalue weighted by molar-refractivity contribution is -0.384. The molecule has 38 heavy (non-hydrogen) atoms. The molecule has 0 aliphatic rings. The molecule has 0 unspecified atom stereocenters. The van der Waals surface area contributed by atoms with Gasteiger partial charge in [-0.2, -0.15) is 5.10 Å². The Labute approximate surface area is 219 Å². The number of aromatic nitrogens is 5. The van der Waals surface area contributed by atoms with E-state index < -0.39 is 4.92 Å². The highest BCUT2D eigenvalue weighted by Gasteiger charge is 2.23. The van der Waals surface area contributed by atoms with Crippen LogP contribution in [-0.2, 0) is 13.1 Å². The highest BCUT2D eigenvalue weighted by molar-refractivity contribution is 6.33. The fourth-order valence-electron chi connectivity index (χ4n) is 4.03. The Hall–Kier alpha value is -4.84. The van der Waals surface area contributed by atoms with Gasteiger partial charge in [0.05, 0.1) is 29.2 Å². The summed E-state index contributed by atoms with van der Waals surface area (Å²) in [6, 6.07) is 13.0. The maximum absolute atomic E-state index is 13.0. The molecule has 0 bridgehead atoms. The second-order valence-electron chi connectivity index (χ2n) is 8.40. The number of non-ortho nitro benzene ring substituents is 1. The van der Waals surface area contributed by atoms with Crippen LogP contribution in [0.3, 0.4) is 0 Å². The van der Waals surface area contributed by atoms with Crippen molar-refractivity contribution in [3.8, 4) is 11.3 Å². The minimum Gasteiger partial charge on any atom is -0.360 e. The lowest BCUT2D eigenvalue weighted by atomic mass is 10.1. The van der Waals surface area contributed by atoms with Gasteiger partial charge in [0.2, 0.25) is 0 Å². The summed E-state index contributed by atoms with van der Waals surface area (Å²) < 4.78 is 8.19. The predicted molar refractivity (Wildman–Crippen MR) is 138 cm³/mol. The quantitative estimate of drug-likeness (QED) is 0.235. The smallest absolute Gasteiger partial charge is 0.269 e. The number of benzene rings is 2. The van der Waals surface area contributed by atoms with Crippen LogP contribution in [0.2, 0.25) is 5.02 Å². The van der Waals surface area contributed by atoms with Crippen molar-refractivity contribution >= 4 is 34.2 Å². The van der Waals surface area contributed by atoms with Gasteiger partial charge in [0, 0.05) is 24.2 Å². The number of nitro benzene ring substituents is 1. The van der Waals surface area contributed by atoms with Gasteiger partial charge in [-0.05, 0) is 18.6 Å². The van der Waals surface area contributed by atoms with Gasteiger partial charge in [-0.15, -0.1) is 0 Å². The van der Waals surface area contributed by atoms with Crippen molar-refractivity contribution in [2.75, 3.05) is 6.54 Å². The van der Waals surface area contributed by atoms with Crippen LogP contribution in [0.4, 0.5) is 5.69 Å². The zero-order valence-electron chi connectivity index (χ0n) is 20.0. The highest BCUT2D eigenvalue weighted by Crippen LogP contribution is 2.30. The molecule has 192 valence electrons. The third kappa shape index (κ3) is 4.76. The predicted octanol–water partition coefficient (Wildman–Crippen LogP) is 3.60. The second-order valence-corrected chi connectivity index (χ2v) is 8.81. The first-order valence-corrected chi connectivity index (χ1v) is 11.8. The molecular weight excluding hydrogens is 514 g/mol. The molecule has 1 N–H and O–H groups in total. The first-order valence-electron chi connectivity index (χ1n) is 11.5. The number of nitrogens with one attached hydrogen (secondary N) is 1. The average Bonchev–Trinajstić information content (AvgIpc) is 3.50. The SMILES string of the molecule is Cc1onc(-c2ccccc2Cl)c1C(=O)NCCn1ncc2c(=O)n(Cc3ccc([N+](=O)[O-])cc3)cnc21. The number of nitrogens with zero attached hydrogens (tertiary/aromatic N) is 6. The molecule has 1 amide bonds. The normalized spacial score (nSPS) is 11.1. The molecule has 0 fully saturated rings. The second kappa shape index (κ2) is 10.3. The zero-order valence-corrected chi connectivity index (χ0v) is 20.8. The van der Waals surface area contributed by atoms with Gasteiger partial charge in [-0.1, -0.05) is 47.1 Å². The van der Waals surface area contributed by atoms with E-state index in [1.54, 1.807) is 43.3 Å². The van der Waals surface area contributed by atoms with Crippen LogP contribution in [0, 0.1) is 17.0 Å². The first-order chi connectivity index (χ1) is 18.3. The molecule has 2 aromatic carbocycles. The Balaban J connectivity index is 1.28. The van der Waals surface area contributed by atoms with Crippen LogP contribution in [0.15, 0.2) is 70.4 Å². The van der Waals surface area contributed by atoms with E-state index in [4.69, 9.17) is 16.1 Å². The topological polar surface area (TPSA) is 151 Å². The maximum atomic E-state index is 13.0. The highest BCUT2D eigenvalue weighted by atomic mass is 35.5. The minimum absolute atomic E-state index is 0.0256. The molecule has 5 rings (SSSR count).